The lowest BCUT2D eigenvalue weighted by molar-refractivity contribution is -0.129. The third kappa shape index (κ3) is 4.17. The van der Waals surface area contributed by atoms with E-state index in [1.807, 2.05) is 43.3 Å². The number of hydrogen-bond donors (Lipinski definition) is 1. The molecule has 2 heterocycles. The molecule has 2 aromatic rings. The maximum atomic E-state index is 12.5. The van der Waals surface area contributed by atoms with Gasteiger partial charge in [0.05, 0.1) is 17.7 Å². The quantitative estimate of drug-likeness (QED) is 0.894. The molecule has 1 aromatic heterocycles. The van der Waals surface area contributed by atoms with Gasteiger partial charge in [-0.05, 0) is 30.7 Å². The Morgan fingerprint density at radius 2 is 2.08 bits per heavy atom. The second-order valence-corrected chi connectivity index (χ2v) is 6.66. The van der Waals surface area contributed by atoms with Crippen LogP contribution in [0.25, 0.3) is 0 Å². The minimum atomic E-state index is -0.346. The van der Waals surface area contributed by atoms with Crippen molar-refractivity contribution in [2.24, 2.45) is 5.92 Å². The summed E-state index contributed by atoms with van der Waals surface area (Å²) in [4.78, 5) is 30.7. The number of rotatable bonds is 5. The third-order valence-corrected chi connectivity index (χ3v) is 4.76. The summed E-state index contributed by atoms with van der Waals surface area (Å²) in [5, 5.41) is 3.58. The molecule has 1 aromatic carbocycles. The first kappa shape index (κ1) is 17.4. The highest BCUT2D eigenvalue weighted by Crippen LogP contribution is 2.24. The number of pyridine rings is 1. The first-order valence-electron chi connectivity index (χ1n) is 8.27. The van der Waals surface area contributed by atoms with Crippen molar-refractivity contribution in [3.05, 3.63) is 64.9 Å². The van der Waals surface area contributed by atoms with E-state index in [1.165, 1.54) is 0 Å². The fourth-order valence-corrected chi connectivity index (χ4v) is 3.17. The molecule has 1 saturated heterocycles. The first-order valence-corrected chi connectivity index (χ1v) is 8.65. The molecule has 2 amide bonds. The molecule has 25 heavy (non-hydrogen) atoms. The van der Waals surface area contributed by atoms with Crippen LogP contribution in [-0.2, 0) is 16.1 Å². The van der Waals surface area contributed by atoms with Crippen LogP contribution in [-0.4, -0.2) is 28.2 Å². The van der Waals surface area contributed by atoms with Crippen LogP contribution in [0.5, 0.6) is 0 Å². The molecule has 1 fully saturated rings. The van der Waals surface area contributed by atoms with E-state index in [2.05, 4.69) is 10.3 Å². The SMILES string of the molecule is C[C@H](NC(=O)[C@H]1CC(=O)N(Cc2ccccc2Cl)C1)c1ccccn1. The van der Waals surface area contributed by atoms with Crippen molar-refractivity contribution in [2.45, 2.75) is 25.9 Å². The zero-order valence-corrected chi connectivity index (χ0v) is 14.7. The Kier molecular flexibility index (Phi) is 5.34. The normalized spacial score (nSPS) is 18.2. The summed E-state index contributed by atoms with van der Waals surface area (Å²) in [7, 11) is 0. The number of benzene rings is 1. The first-order chi connectivity index (χ1) is 12.0. The summed E-state index contributed by atoms with van der Waals surface area (Å²) in [5.74, 6) is -0.486. The highest BCUT2D eigenvalue weighted by atomic mass is 35.5. The minimum absolute atomic E-state index is 0.0226. The predicted molar refractivity (Wildman–Crippen MR) is 95.8 cm³/mol. The van der Waals surface area contributed by atoms with Crippen LogP contribution in [0, 0.1) is 5.92 Å². The van der Waals surface area contributed by atoms with E-state index in [0.717, 1.165) is 11.3 Å². The molecule has 130 valence electrons. The van der Waals surface area contributed by atoms with Gasteiger partial charge in [0, 0.05) is 30.7 Å². The molecule has 0 spiro atoms. The Balaban J connectivity index is 1.60. The van der Waals surface area contributed by atoms with E-state index in [-0.39, 0.29) is 30.2 Å². The summed E-state index contributed by atoms with van der Waals surface area (Å²) in [6, 6.07) is 12.8. The van der Waals surface area contributed by atoms with Gasteiger partial charge in [0.2, 0.25) is 11.8 Å². The van der Waals surface area contributed by atoms with Crippen LogP contribution in [0.4, 0.5) is 0 Å². The van der Waals surface area contributed by atoms with Crippen molar-refractivity contribution < 1.29 is 9.59 Å². The van der Waals surface area contributed by atoms with E-state index < -0.39 is 0 Å². The summed E-state index contributed by atoms with van der Waals surface area (Å²) >= 11 is 6.16. The van der Waals surface area contributed by atoms with E-state index in [9.17, 15) is 9.59 Å². The van der Waals surface area contributed by atoms with Gasteiger partial charge in [0.15, 0.2) is 0 Å². The number of nitrogens with one attached hydrogen (secondary N) is 1. The van der Waals surface area contributed by atoms with Gasteiger partial charge in [0.25, 0.3) is 0 Å². The minimum Gasteiger partial charge on any atom is -0.348 e. The molecule has 0 bridgehead atoms. The summed E-state index contributed by atoms with van der Waals surface area (Å²) < 4.78 is 0. The number of carbonyl (C=O) groups is 2. The monoisotopic (exact) mass is 357 g/mol. The highest BCUT2D eigenvalue weighted by Gasteiger charge is 2.35. The van der Waals surface area contributed by atoms with Gasteiger partial charge in [-0.2, -0.15) is 0 Å². The van der Waals surface area contributed by atoms with Crippen molar-refractivity contribution in [1.82, 2.24) is 15.2 Å². The maximum absolute atomic E-state index is 12.5. The van der Waals surface area contributed by atoms with E-state index in [4.69, 9.17) is 11.6 Å². The summed E-state index contributed by atoms with van der Waals surface area (Å²) in [5.41, 5.74) is 1.69. The van der Waals surface area contributed by atoms with Crippen LogP contribution in [0.1, 0.15) is 30.6 Å². The lowest BCUT2D eigenvalue weighted by Gasteiger charge is -2.19. The lowest BCUT2D eigenvalue weighted by atomic mass is 10.1. The lowest BCUT2D eigenvalue weighted by Crippen LogP contribution is -2.34. The van der Waals surface area contributed by atoms with Gasteiger partial charge < -0.3 is 10.2 Å². The zero-order chi connectivity index (χ0) is 17.8. The Morgan fingerprint density at radius 3 is 2.80 bits per heavy atom. The van der Waals surface area contributed by atoms with Crippen molar-refractivity contribution in [3.63, 3.8) is 0 Å². The van der Waals surface area contributed by atoms with Crippen LogP contribution in [0.2, 0.25) is 5.02 Å². The van der Waals surface area contributed by atoms with Gasteiger partial charge >= 0.3 is 0 Å². The van der Waals surface area contributed by atoms with Gasteiger partial charge in [-0.1, -0.05) is 35.9 Å². The number of carbonyl (C=O) groups excluding carboxylic acids is 2. The van der Waals surface area contributed by atoms with Gasteiger partial charge in [-0.25, -0.2) is 0 Å². The van der Waals surface area contributed by atoms with Crippen molar-refractivity contribution in [2.75, 3.05) is 6.54 Å². The van der Waals surface area contributed by atoms with Gasteiger partial charge in [0.1, 0.15) is 0 Å². The number of aromatic nitrogens is 1. The molecule has 6 heteroatoms. The molecule has 5 nitrogen and oxygen atoms in total. The number of likely N-dealkylation sites (tertiary alicyclic amines) is 1. The Hall–Kier alpha value is -2.40. The standard InChI is InChI=1S/C19H20ClN3O2/c1-13(17-8-4-5-9-21-17)22-19(25)15-10-18(24)23(12-15)11-14-6-2-3-7-16(14)20/h2-9,13,15H,10-12H2,1H3,(H,22,25)/t13-,15-/m0/s1. The molecule has 0 saturated carbocycles. The average Bonchev–Trinajstić information content (AvgIpc) is 2.98. The molecule has 1 aliphatic rings. The zero-order valence-electron chi connectivity index (χ0n) is 14.0. The maximum Gasteiger partial charge on any atom is 0.225 e. The van der Waals surface area contributed by atoms with Crippen LogP contribution in [0.3, 0.4) is 0 Å². The van der Waals surface area contributed by atoms with E-state index in [0.29, 0.717) is 18.1 Å². The van der Waals surface area contributed by atoms with Gasteiger partial charge in [-0.15, -0.1) is 0 Å². The Labute approximate surface area is 152 Å². The van der Waals surface area contributed by atoms with E-state index >= 15 is 0 Å². The van der Waals surface area contributed by atoms with Crippen LogP contribution in [0.15, 0.2) is 48.7 Å². The number of hydrogen-bond acceptors (Lipinski definition) is 3. The Bertz CT molecular complexity index is 766. The molecular formula is C19H20ClN3O2. The molecule has 3 rings (SSSR count). The van der Waals surface area contributed by atoms with Crippen molar-refractivity contribution in [1.29, 1.82) is 0 Å². The molecule has 1 N–H and O–H groups in total. The molecule has 0 aliphatic carbocycles. The van der Waals surface area contributed by atoms with Crippen LogP contribution >= 0.6 is 11.6 Å². The average molecular weight is 358 g/mol. The molecule has 2 atom stereocenters. The van der Waals surface area contributed by atoms with E-state index in [1.54, 1.807) is 17.2 Å². The largest absolute Gasteiger partial charge is 0.348 e. The number of nitrogens with zero attached hydrogens (tertiary/aromatic N) is 2. The fourth-order valence-electron chi connectivity index (χ4n) is 2.97. The highest BCUT2D eigenvalue weighted by molar-refractivity contribution is 6.31. The second kappa shape index (κ2) is 7.66. The summed E-state index contributed by atoms with van der Waals surface area (Å²) in [6.07, 6.45) is 1.92. The molecule has 0 unspecified atom stereocenters. The topological polar surface area (TPSA) is 62.3 Å². The van der Waals surface area contributed by atoms with Gasteiger partial charge in [-0.3, -0.25) is 14.6 Å². The third-order valence-electron chi connectivity index (χ3n) is 4.39. The number of amides is 2. The number of halogens is 1. The molecule has 1 aliphatic heterocycles. The molecule has 0 radical (unpaired) electrons. The Morgan fingerprint density at radius 1 is 1.32 bits per heavy atom. The smallest absolute Gasteiger partial charge is 0.225 e. The molecular weight excluding hydrogens is 338 g/mol. The van der Waals surface area contributed by atoms with Crippen molar-refractivity contribution >= 4 is 23.4 Å². The van der Waals surface area contributed by atoms with Crippen LogP contribution < -0.4 is 5.32 Å². The predicted octanol–water partition coefficient (Wildman–Crippen LogP) is 2.96. The summed E-state index contributed by atoms with van der Waals surface area (Å²) in [6.45, 7) is 2.72. The fraction of sp³-hybridized carbons (Fsp3) is 0.316. The van der Waals surface area contributed by atoms with Crippen molar-refractivity contribution in [3.8, 4) is 0 Å². The second-order valence-electron chi connectivity index (χ2n) is 6.25.